The second-order valence-corrected chi connectivity index (χ2v) is 4.42. The molecule has 0 saturated heterocycles. The fourth-order valence-electron chi connectivity index (χ4n) is 1.88. The van der Waals surface area contributed by atoms with Gasteiger partial charge in [0.05, 0.1) is 20.3 Å². The summed E-state index contributed by atoms with van der Waals surface area (Å²) in [5.74, 6) is 0.744. The number of hydrogen-bond acceptors (Lipinski definition) is 4. The van der Waals surface area contributed by atoms with Crippen molar-refractivity contribution in [3.05, 3.63) is 23.8 Å². The molecule has 0 aliphatic rings. The van der Waals surface area contributed by atoms with Crippen molar-refractivity contribution in [1.82, 2.24) is 5.32 Å². The number of rotatable bonds is 6. The average Bonchev–Trinajstić information content (AvgIpc) is 2.51. The highest BCUT2D eigenvalue weighted by molar-refractivity contribution is 5.95. The highest BCUT2D eigenvalue weighted by Gasteiger charge is 2.28. The molecular weight excluding hydrogens is 256 g/mol. The molecule has 0 radical (unpaired) electrons. The van der Waals surface area contributed by atoms with E-state index in [-0.39, 0.29) is 5.91 Å². The molecule has 0 heterocycles. The molecule has 20 heavy (non-hydrogen) atoms. The fourth-order valence-corrected chi connectivity index (χ4v) is 1.88. The quantitative estimate of drug-likeness (QED) is 0.866. The van der Waals surface area contributed by atoms with Gasteiger partial charge in [-0.3, -0.25) is 4.79 Å². The third-order valence-corrected chi connectivity index (χ3v) is 3.42. The molecule has 1 aromatic carbocycles. The van der Waals surface area contributed by atoms with Gasteiger partial charge in [-0.1, -0.05) is 13.8 Å². The zero-order valence-electron chi connectivity index (χ0n) is 12.3. The number of benzene rings is 1. The Hall–Kier alpha value is -2.22. The monoisotopic (exact) mass is 276 g/mol. The summed E-state index contributed by atoms with van der Waals surface area (Å²) in [5, 5.41) is 12.0. The van der Waals surface area contributed by atoms with E-state index in [1.54, 1.807) is 18.2 Å². The van der Waals surface area contributed by atoms with Crippen LogP contribution in [0.15, 0.2) is 18.2 Å². The van der Waals surface area contributed by atoms with Gasteiger partial charge in [-0.2, -0.15) is 5.26 Å². The van der Waals surface area contributed by atoms with E-state index in [1.165, 1.54) is 14.2 Å². The fraction of sp³-hybridized carbons (Fsp3) is 0.467. The second kappa shape index (κ2) is 6.80. The van der Waals surface area contributed by atoms with Gasteiger partial charge in [-0.25, -0.2) is 0 Å². The van der Waals surface area contributed by atoms with Crippen molar-refractivity contribution in [2.45, 2.75) is 32.2 Å². The molecule has 0 aliphatic carbocycles. The highest BCUT2D eigenvalue weighted by Crippen LogP contribution is 2.27. The van der Waals surface area contributed by atoms with Crippen molar-refractivity contribution in [2.75, 3.05) is 14.2 Å². The Labute approximate surface area is 119 Å². The molecular formula is C15H20N2O3. The van der Waals surface area contributed by atoms with Crippen LogP contribution < -0.4 is 14.8 Å². The Morgan fingerprint density at radius 1 is 1.25 bits per heavy atom. The third-order valence-electron chi connectivity index (χ3n) is 3.42. The average molecular weight is 276 g/mol. The summed E-state index contributed by atoms with van der Waals surface area (Å²) in [7, 11) is 3.05. The minimum Gasteiger partial charge on any atom is -0.493 e. The van der Waals surface area contributed by atoms with Gasteiger partial charge in [0, 0.05) is 5.56 Å². The molecule has 1 aromatic rings. The van der Waals surface area contributed by atoms with Crippen LogP contribution in [0.4, 0.5) is 0 Å². The van der Waals surface area contributed by atoms with Crippen LogP contribution >= 0.6 is 0 Å². The summed E-state index contributed by atoms with van der Waals surface area (Å²) >= 11 is 0. The minimum atomic E-state index is -0.829. The molecule has 5 heteroatoms. The van der Waals surface area contributed by atoms with Crippen LogP contribution in [0.25, 0.3) is 0 Å². The highest BCUT2D eigenvalue weighted by atomic mass is 16.5. The molecule has 108 valence electrons. The molecule has 0 aromatic heterocycles. The van der Waals surface area contributed by atoms with Crippen LogP contribution in [0.5, 0.6) is 11.5 Å². The van der Waals surface area contributed by atoms with E-state index >= 15 is 0 Å². The Kier molecular flexibility index (Phi) is 5.39. The van der Waals surface area contributed by atoms with Crippen molar-refractivity contribution in [3.63, 3.8) is 0 Å². The van der Waals surface area contributed by atoms with E-state index in [0.29, 0.717) is 29.9 Å². The van der Waals surface area contributed by atoms with Gasteiger partial charge in [-0.15, -0.1) is 0 Å². The lowest BCUT2D eigenvalue weighted by molar-refractivity contribution is 0.0915. The molecule has 0 spiro atoms. The summed E-state index contributed by atoms with van der Waals surface area (Å²) in [6, 6.07) is 7.09. The number of ether oxygens (including phenoxy) is 2. The van der Waals surface area contributed by atoms with Crippen molar-refractivity contribution >= 4 is 5.91 Å². The van der Waals surface area contributed by atoms with Gasteiger partial charge < -0.3 is 14.8 Å². The first-order valence-corrected chi connectivity index (χ1v) is 6.51. The van der Waals surface area contributed by atoms with Gasteiger partial charge in [-0.05, 0) is 31.0 Å². The number of hydrogen-bond donors (Lipinski definition) is 1. The number of amides is 1. The van der Waals surface area contributed by atoms with Gasteiger partial charge >= 0.3 is 0 Å². The first-order valence-electron chi connectivity index (χ1n) is 6.51. The summed E-state index contributed by atoms with van der Waals surface area (Å²) in [5.41, 5.74) is -0.395. The molecule has 5 nitrogen and oxygen atoms in total. The zero-order chi connectivity index (χ0) is 15.2. The lowest BCUT2D eigenvalue weighted by Gasteiger charge is -2.25. The lowest BCUT2D eigenvalue weighted by atomic mass is 9.94. The Bertz CT molecular complexity index is 516. The number of nitriles is 1. The standard InChI is InChI=1S/C15H20N2O3/c1-5-15(6-2,10-16)17-14(18)11-7-8-12(19-3)13(9-11)20-4/h7-9H,5-6H2,1-4H3,(H,17,18). The lowest BCUT2D eigenvalue weighted by Crippen LogP contribution is -2.46. The van der Waals surface area contributed by atoms with Crippen LogP contribution in [0, 0.1) is 11.3 Å². The SMILES string of the molecule is CCC(C#N)(CC)NC(=O)c1ccc(OC)c(OC)c1. The number of nitrogens with zero attached hydrogens (tertiary/aromatic N) is 1. The predicted octanol–water partition coefficient (Wildman–Crippen LogP) is 2.52. The zero-order valence-corrected chi connectivity index (χ0v) is 12.3. The largest absolute Gasteiger partial charge is 0.493 e. The first-order chi connectivity index (χ1) is 9.55. The summed E-state index contributed by atoms with van der Waals surface area (Å²) in [4.78, 5) is 12.2. The maximum atomic E-state index is 12.2. The third kappa shape index (κ3) is 3.21. The molecule has 1 N–H and O–H groups in total. The van der Waals surface area contributed by atoms with Gasteiger partial charge in [0.15, 0.2) is 11.5 Å². The Morgan fingerprint density at radius 2 is 1.85 bits per heavy atom. The normalized spacial score (nSPS) is 10.6. The molecule has 1 amide bonds. The molecule has 0 saturated carbocycles. The van der Waals surface area contributed by atoms with Crippen molar-refractivity contribution in [1.29, 1.82) is 5.26 Å². The minimum absolute atomic E-state index is 0.295. The number of nitrogens with one attached hydrogen (secondary N) is 1. The predicted molar refractivity (Wildman–Crippen MR) is 75.9 cm³/mol. The maximum Gasteiger partial charge on any atom is 0.252 e. The Morgan fingerprint density at radius 3 is 2.30 bits per heavy atom. The van der Waals surface area contributed by atoms with Crippen LogP contribution in [0.1, 0.15) is 37.0 Å². The van der Waals surface area contributed by atoms with Gasteiger partial charge in [0.25, 0.3) is 5.91 Å². The smallest absolute Gasteiger partial charge is 0.252 e. The van der Waals surface area contributed by atoms with E-state index in [2.05, 4.69) is 11.4 Å². The van der Waals surface area contributed by atoms with Crippen LogP contribution in [-0.2, 0) is 0 Å². The molecule has 0 aliphatic heterocycles. The van der Waals surface area contributed by atoms with E-state index in [9.17, 15) is 10.1 Å². The summed E-state index contributed by atoms with van der Waals surface area (Å²) in [6.07, 6.45) is 1.11. The molecule has 0 bridgehead atoms. The van der Waals surface area contributed by atoms with Crippen LogP contribution in [-0.4, -0.2) is 25.7 Å². The summed E-state index contributed by atoms with van der Waals surface area (Å²) < 4.78 is 10.3. The Balaban J connectivity index is 3.01. The first kappa shape index (κ1) is 15.8. The van der Waals surface area contributed by atoms with Crippen molar-refractivity contribution < 1.29 is 14.3 Å². The number of methoxy groups -OCH3 is 2. The number of carbonyl (C=O) groups is 1. The topological polar surface area (TPSA) is 71.4 Å². The van der Waals surface area contributed by atoms with Crippen molar-refractivity contribution in [3.8, 4) is 17.6 Å². The van der Waals surface area contributed by atoms with Gasteiger partial charge in [0.2, 0.25) is 0 Å². The molecule has 0 atom stereocenters. The molecule has 0 unspecified atom stereocenters. The van der Waals surface area contributed by atoms with E-state index < -0.39 is 5.54 Å². The van der Waals surface area contributed by atoms with Crippen LogP contribution in [0.2, 0.25) is 0 Å². The number of carbonyl (C=O) groups excluding carboxylic acids is 1. The molecule has 1 rings (SSSR count). The second-order valence-electron chi connectivity index (χ2n) is 4.42. The molecule has 0 fully saturated rings. The van der Waals surface area contributed by atoms with Gasteiger partial charge in [0.1, 0.15) is 5.54 Å². The van der Waals surface area contributed by atoms with E-state index in [1.807, 2.05) is 13.8 Å². The maximum absolute atomic E-state index is 12.2. The van der Waals surface area contributed by atoms with Crippen molar-refractivity contribution in [2.24, 2.45) is 0 Å². The van der Waals surface area contributed by atoms with Crippen LogP contribution in [0.3, 0.4) is 0 Å². The summed E-state index contributed by atoms with van der Waals surface area (Å²) in [6.45, 7) is 3.75. The van der Waals surface area contributed by atoms with E-state index in [0.717, 1.165) is 0 Å². The van der Waals surface area contributed by atoms with E-state index in [4.69, 9.17) is 9.47 Å².